The Morgan fingerprint density at radius 2 is 1.12 bits per heavy atom. The van der Waals surface area contributed by atoms with Gasteiger partial charge in [0.2, 0.25) is 0 Å². The molecule has 0 amide bonds. The first-order chi connectivity index (χ1) is 24.8. The van der Waals surface area contributed by atoms with E-state index >= 15 is 0 Å². The topological polar surface area (TPSA) is 43.9 Å². The number of nitrogens with zero attached hydrogens (tertiary/aromatic N) is 3. The third-order valence-corrected chi connectivity index (χ3v) is 10.7. The summed E-state index contributed by atoms with van der Waals surface area (Å²) in [4.78, 5) is 10.9. The first kappa shape index (κ1) is 26.2. The second-order valence-electron chi connectivity index (χ2n) is 13.3. The van der Waals surface area contributed by atoms with E-state index in [-0.39, 0.29) is 0 Å². The van der Waals surface area contributed by atoms with E-state index in [1.54, 1.807) is 0 Å². The van der Waals surface area contributed by atoms with Crippen LogP contribution < -0.4 is 0 Å². The Morgan fingerprint density at radius 1 is 0.440 bits per heavy atom. The first-order valence-corrected chi connectivity index (χ1v) is 17.0. The van der Waals surface area contributed by atoms with Crippen LogP contribution >= 0.6 is 0 Å². The van der Waals surface area contributed by atoms with Crippen molar-refractivity contribution < 1.29 is 4.42 Å². The fraction of sp³-hybridized carbons (Fsp3) is 0. The molecular weight excluding hydrogens is 611 g/mol. The molecule has 4 nitrogen and oxygen atoms in total. The summed E-state index contributed by atoms with van der Waals surface area (Å²) in [5.74, 6) is 0.807. The van der Waals surface area contributed by atoms with Crippen LogP contribution in [-0.4, -0.2) is 14.5 Å². The van der Waals surface area contributed by atoms with E-state index < -0.39 is 0 Å². The zero-order valence-electron chi connectivity index (χ0n) is 26.7. The zero-order chi connectivity index (χ0) is 32.5. The van der Waals surface area contributed by atoms with Crippen LogP contribution in [0.1, 0.15) is 0 Å². The lowest BCUT2D eigenvalue weighted by atomic mass is 9.90. The Kier molecular flexibility index (Phi) is 4.94. The van der Waals surface area contributed by atoms with Gasteiger partial charge in [-0.3, -0.25) is 4.57 Å². The molecule has 1 aliphatic carbocycles. The monoisotopic (exact) mass is 635 g/mol. The summed E-state index contributed by atoms with van der Waals surface area (Å²) in [5.41, 5.74) is 12.3. The predicted molar refractivity (Wildman–Crippen MR) is 206 cm³/mol. The third kappa shape index (κ3) is 3.30. The number of hydrogen-bond donors (Lipinski definition) is 0. The van der Waals surface area contributed by atoms with E-state index in [9.17, 15) is 0 Å². The summed E-state index contributed by atoms with van der Waals surface area (Å²) >= 11 is 0. The minimum absolute atomic E-state index is 0.807. The van der Waals surface area contributed by atoms with E-state index in [2.05, 4.69) is 144 Å². The third-order valence-electron chi connectivity index (χ3n) is 10.7. The van der Waals surface area contributed by atoms with E-state index in [1.165, 1.54) is 48.8 Å². The Morgan fingerprint density at radius 3 is 2.00 bits per heavy atom. The lowest BCUT2D eigenvalue weighted by Crippen LogP contribution is -2.04. The van der Waals surface area contributed by atoms with Crippen LogP contribution in [0.25, 0.3) is 116 Å². The molecule has 0 bridgehead atoms. The van der Waals surface area contributed by atoms with Crippen LogP contribution in [0.4, 0.5) is 0 Å². The molecule has 0 saturated heterocycles. The molecule has 0 unspecified atom stereocenters. The SMILES string of the molecule is c1ccc(-c2ccccc2-c2nc3ccccc3nc2-n2c3ccc4cc5ccccc5c5c4c3c3c4c(ccc32)oc2cccc-5c24)cc1. The van der Waals surface area contributed by atoms with Gasteiger partial charge in [0, 0.05) is 32.5 Å². The highest BCUT2D eigenvalue weighted by Crippen LogP contribution is 2.53. The smallest absolute Gasteiger partial charge is 0.165 e. The molecule has 0 saturated carbocycles. The lowest BCUT2D eigenvalue weighted by Gasteiger charge is -2.17. The molecule has 12 rings (SSSR count). The number of rotatable bonds is 3. The number of hydrogen-bond acceptors (Lipinski definition) is 3. The molecule has 0 spiro atoms. The molecule has 1 aliphatic rings. The molecule has 3 heterocycles. The molecule has 4 heteroatoms. The molecule has 8 aromatic carbocycles. The highest BCUT2D eigenvalue weighted by molar-refractivity contribution is 6.40. The predicted octanol–water partition coefficient (Wildman–Crippen LogP) is 12.2. The average molecular weight is 636 g/mol. The number of para-hydroxylation sites is 2. The number of aromatic nitrogens is 3. The molecular formula is C46H25N3O. The van der Waals surface area contributed by atoms with Crippen molar-refractivity contribution in [1.82, 2.24) is 14.5 Å². The average Bonchev–Trinajstić information content (AvgIpc) is 3.68. The van der Waals surface area contributed by atoms with Gasteiger partial charge in [0.05, 0.1) is 22.1 Å². The summed E-state index contributed by atoms with van der Waals surface area (Å²) in [6.45, 7) is 0. The number of furan rings is 1. The second-order valence-corrected chi connectivity index (χ2v) is 13.3. The highest BCUT2D eigenvalue weighted by atomic mass is 16.3. The summed E-state index contributed by atoms with van der Waals surface area (Å²) in [5, 5.41) is 9.70. The van der Waals surface area contributed by atoms with Gasteiger partial charge in [-0.2, -0.15) is 0 Å². The van der Waals surface area contributed by atoms with Crippen LogP contribution in [0, 0.1) is 0 Å². The molecule has 230 valence electrons. The van der Waals surface area contributed by atoms with Crippen LogP contribution in [0.2, 0.25) is 0 Å². The van der Waals surface area contributed by atoms with Gasteiger partial charge in [0.15, 0.2) is 5.82 Å². The molecule has 0 fully saturated rings. The van der Waals surface area contributed by atoms with Crippen molar-refractivity contribution in [2.24, 2.45) is 0 Å². The molecule has 0 N–H and O–H groups in total. The summed E-state index contributed by atoms with van der Waals surface area (Å²) in [6.07, 6.45) is 0. The van der Waals surface area contributed by atoms with Gasteiger partial charge in [-0.15, -0.1) is 0 Å². The Hall–Kier alpha value is -6.78. The molecule has 0 radical (unpaired) electrons. The molecule has 50 heavy (non-hydrogen) atoms. The van der Waals surface area contributed by atoms with E-state index in [4.69, 9.17) is 14.4 Å². The second kappa shape index (κ2) is 9.43. The largest absolute Gasteiger partial charge is 0.456 e. The first-order valence-electron chi connectivity index (χ1n) is 17.0. The van der Waals surface area contributed by atoms with Crippen molar-refractivity contribution in [3.63, 3.8) is 0 Å². The van der Waals surface area contributed by atoms with Crippen LogP contribution in [0.3, 0.4) is 0 Å². The Bertz CT molecular complexity index is 3260. The standard InChI is InChI=1S/C46H25N3O/c1-2-11-26(12-3-1)29-14-6-7-16-31(29)45-46(48-34-19-9-8-18-33(34)47-45)49-35-22-21-28-25-27-13-4-5-15-30(27)40-32-17-10-20-37-41(32)44-38(50-37)24-23-36(49)43(44)42(35)39(28)40/h1-25H. The van der Waals surface area contributed by atoms with Crippen molar-refractivity contribution >= 4 is 76.3 Å². The van der Waals surface area contributed by atoms with Crippen LogP contribution in [0.15, 0.2) is 156 Å². The van der Waals surface area contributed by atoms with Gasteiger partial charge >= 0.3 is 0 Å². The van der Waals surface area contributed by atoms with Gasteiger partial charge in [-0.1, -0.05) is 109 Å². The molecule has 0 aliphatic heterocycles. The maximum atomic E-state index is 6.62. The summed E-state index contributed by atoms with van der Waals surface area (Å²) in [7, 11) is 0. The fourth-order valence-corrected chi connectivity index (χ4v) is 8.66. The Balaban J connectivity index is 1.32. The maximum Gasteiger partial charge on any atom is 0.165 e. The van der Waals surface area contributed by atoms with Crippen LogP contribution in [-0.2, 0) is 0 Å². The van der Waals surface area contributed by atoms with Gasteiger partial charge in [0.1, 0.15) is 16.9 Å². The normalized spacial score (nSPS) is 12.4. The maximum absolute atomic E-state index is 6.62. The summed E-state index contributed by atoms with van der Waals surface area (Å²) in [6, 6.07) is 53.8. The minimum Gasteiger partial charge on any atom is -0.456 e. The van der Waals surface area contributed by atoms with Gasteiger partial charge in [-0.25, -0.2) is 9.97 Å². The van der Waals surface area contributed by atoms with Crippen molar-refractivity contribution in [2.45, 2.75) is 0 Å². The Labute approximate surface area is 285 Å². The molecule has 11 aromatic rings. The highest BCUT2D eigenvalue weighted by Gasteiger charge is 2.29. The van der Waals surface area contributed by atoms with Crippen molar-refractivity contribution in [3.8, 4) is 39.3 Å². The number of benzene rings is 8. The summed E-state index contributed by atoms with van der Waals surface area (Å²) < 4.78 is 8.97. The van der Waals surface area contributed by atoms with Crippen molar-refractivity contribution in [3.05, 3.63) is 152 Å². The van der Waals surface area contributed by atoms with Crippen LogP contribution in [0.5, 0.6) is 0 Å². The van der Waals surface area contributed by atoms with E-state index in [0.717, 1.165) is 66.8 Å². The van der Waals surface area contributed by atoms with E-state index in [1.807, 2.05) is 12.1 Å². The molecule has 3 aromatic heterocycles. The number of fused-ring (bicyclic) bond motifs is 4. The lowest BCUT2D eigenvalue weighted by molar-refractivity contribution is 0.669. The fourth-order valence-electron chi connectivity index (χ4n) is 8.66. The molecule has 0 atom stereocenters. The minimum atomic E-state index is 0.807. The van der Waals surface area contributed by atoms with Crippen molar-refractivity contribution in [1.29, 1.82) is 0 Å². The van der Waals surface area contributed by atoms with Crippen molar-refractivity contribution in [2.75, 3.05) is 0 Å². The van der Waals surface area contributed by atoms with E-state index in [0.29, 0.717) is 0 Å². The van der Waals surface area contributed by atoms with Gasteiger partial charge in [-0.05, 0) is 80.9 Å². The van der Waals surface area contributed by atoms with Gasteiger partial charge in [0.25, 0.3) is 0 Å². The quantitative estimate of drug-likeness (QED) is 0.181. The van der Waals surface area contributed by atoms with Gasteiger partial charge < -0.3 is 4.42 Å². The zero-order valence-corrected chi connectivity index (χ0v) is 26.7.